The third-order valence-electron chi connectivity index (χ3n) is 7.39. The minimum atomic E-state index is 0.108. The summed E-state index contributed by atoms with van der Waals surface area (Å²) in [4.78, 5) is 36.2. The lowest BCUT2D eigenvalue weighted by Crippen LogP contribution is -2.47. The first kappa shape index (κ1) is 31.4. The normalized spacial score (nSPS) is 13.2. The second-order valence-corrected chi connectivity index (χ2v) is 10.3. The summed E-state index contributed by atoms with van der Waals surface area (Å²) in [7, 11) is 2.08. The van der Waals surface area contributed by atoms with Crippen molar-refractivity contribution in [3.05, 3.63) is 89.3 Å². The van der Waals surface area contributed by atoms with Gasteiger partial charge in [0, 0.05) is 60.9 Å². The van der Waals surface area contributed by atoms with E-state index >= 15 is 0 Å². The van der Waals surface area contributed by atoms with Gasteiger partial charge in [-0.05, 0) is 63.7 Å². The molecule has 226 valence electrons. The van der Waals surface area contributed by atoms with Crippen molar-refractivity contribution in [3.8, 4) is 0 Å². The monoisotopic (exact) mass is 582 g/mol. The molecule has 4 aromatic heterocycles. The van der Waals surface area contributed by atoms with Crippen LogP contribution in [0, 0.1) is 13.8 Å². The van der Waals surface area contributed by atoms with E-state index in [2.05, 4.69) is 34.2 Å². The number of rotatable bonds is 6. The molecule has 0 radical (unpaired) electrons. The number of aromatic nitrogens is 5. The molecule has 0 saturated carbocycles. The minimum Gasteiger partial charge on any atom is -0.336 e. The molecule has 0 bridgehead atoms. The van der Waals surface area contributed by atoms with Gasteiger partial charge < -0.3 is 19.5 Å². The Balaban J connectivity index is 0.000000188. The number of hydrogen-bond donors (Lipinski definition) is 1. The van der Waals surface area contributed by atoms with Crippen LogP contribution in [-0.2, 0) is 17.8 Å². The molecule has 1 N–H and O–H groups in total. The number of benzene rings is 1. The molecule has 10 nitrogen and oxygen atoms in total. The van der Waals surface area contributed by atoms with Crippen LogP contribution in [0.2, 0.25) is 0 Å². The van der Waals surface area contributed by atoms with Gasteiger partial charge in [-0.15, -0.1) is 0 Å². The van der Waals surface area contributed by atoms with E-state index in [1.54, 1.807) is 0 Å². The van der Waals surface area contributed by atoms with E-state index in [1.807, 2.05) is 103 Å². The van der Waals surface area contributed by atoms with Crippen molar-refractivity contribution in [2.45, 2.75) is 47.6 Å². The van der Waals surface area contributed by atoms with E-state index in [0.717, 1.165) is 83.2 Å². The number of nitrogens with zero attached hydrogens (tertiary/aromatic N) is 7. The molecule has 1 aromatic carbocycles. The highest BCUT2D eigenvalue weighted by molar-refractivity contribution is 5.97. The molecule has 6 rings (SSSR count). The smallest absolute Gasteiger partial charge is 0.254 e. The molecular formula is C33H42N8O2. The van der Waals surface area contributed by atoms with Gasteiger partial charge in [-0.2, -0.15) is 5.10 Å². The molecule has 1 saturated heterocycles. The number of carbonyl (C=O) groups is 2. The number of aryl methyl sites for hydroxylation is 3. The second-order valence-electron chi connectivity index (χ2n) is 10.3. The van der Waals surface area contributed by atoms with Crippen molar-refractivity contribution in [1.29, 1.82) is 0 Å². The minimum absolute atomic E-state index is 0.108. The van der Waals surface area contributed by atoms with Crippen molar-refractivity contribution in [1.82, 2.24) is 33.9 Å². The maximum atomic E-state index is 12.4. The molecule has 5 aromatic rings. The molecule has 0 spiro atoms. The van der Waals surface area contributed by atoms with Crippen LogP contribution in [0.1, 0.15) is 53.9 Å². The number of anilines is 1. The maximum absolute atomic E-state index is 12.4. The number of imidazole rings is 1. The first-order valence-electron chi connectivity index (χ1n) is 14.9. The van der Waals surface area contributed by atoms with E-state index in [1.165, 1.54) is 0 Å². The lowest BCUT2D eigenvalue weighted by atomic mass is 10.1. The summed E-state index contributed by atoms with van der Waals surface area (Å²) in [5.74, 6) is 0.108. The van der Waals surface area contributed by atoms with Crippen LogP contribution in [-0.4, -0.2) is 79.5 Å². The molecule has 1 aliphatic rings. The summed E-state index contributed by atoms with van der Waals surface area (Å²) in [5.41, 5.74) is 7.38. The number of pyridine rings is 2. The van der Waals surface area contributed by atoms with Crippen LogP contribution >= 0.6 is 0 Å². The zero-order valence-electron chi connectivity index (χ0n) is 26.0. The van der Waals surface area contributed by atoms with Gasteiger partial charge in [0.15, 0.2) is 0 Å². The highest BCUT2D eigenvalue weighted by atomic mass is 16.2. The Labute approximate surface area is 253 Å². The van der Waals surface area contributed by atoms with Crippen LogP contribution < -0.4 is 5.32 Å². The molecule has 0 unspecified atom stereocenters. The summed E-state index contributed by atoms with van der Waals surface area (Å²) in [6, 6.07) is 15.6. The summed E-state index contributed by atoms with van der Waals surface area (Å²) in [5, 5.41) is 8.46. The third-order valence-corrected chi connectivity index (χ3v) is 7.39. The molecule has 5 heterocycles. The highest BCUT2D eigenvalue weighted by Crippen LogP contribution is 2.27. The van der Waals surface area contributed by atoms with E-state index in [0.29, 0.717) is 13.0 Å². The predicted octanol–water partition coefficient (Wildman–Crippen LogP) is 4.98. The molecule has 43 heavy (non-hydrogen) atoms. The Kier molecular flexibility index (Phi) is 10.6. The first-order chi connectivity index (χ1) is 20.9. The quantitative estimate of drug-likeness (QED) is 0.284. The number of fused-ring (bicyclic) bond motifs is 2. The van der Waals surface area contributed by atoms with Crippen LogP contribution in [0.25, 0.3) is 16.6 Å². The summed E-state index contributed by atoms with van der Waals surface area (Å²) >= 11 is 0. The zero-order valence-corrected chi connectivity index (χ0v) is 26.0. The topological polar surface area (TPSA) is 101 Å². The largest absolute Gasteiger partial charge is 0.336 e. The van der Waals surface area contributed by atoms with Crippen molar-refractivity contribution >= 4 is 34.6 Å². The lowest BCUT2D eigenvalue weighted by molar-refractivity contribution is -0.105. The molecule has 10 heteroatoms. The van der Waals surface area contributed by atoms with Crippen molar-refractivity contribution < 1.29 is 9.59 Å². The average molecular weight is 583 g/mol. The number of piperazine rings is 1. The summed E-state index contributed by atoms with van der Waals surface area (Å²) in [6.45, 7) is 14.1. The molecular weight excluding hydrogens is 540 g/mol. The fraction of sp³-hybridized carbons (Fsp3) is 0.364. The molecule has 1 aliphatic heterocycles. The number of likely N-dealkylation sites (N-methyl/N-ethyl adjacent to an activating group) is 1. The Morgan fingerprint density at radius 1 is 1.02 bits per heavy atom. The second kappa shape index (κ2) is 14.6. The summed E-state index contributed by atoms with van der Waals surface area (Å²) in [6.07, 6.45) is 5.25. The molecule has 0 atom stereocenters. The van der Waals surface area contributed by atoms with Crippen molar-refractivity contribution in [3.63, 3.8) is 0 Å². The Morgan fingerprint density at radius 3 is 2.47 bits per heavy atom. The van der Waals surface area contributed by atoms with E-state index in [-0.39, 0.29) is 5.91 Å². The van der Waals surface area contributed by atoms with Gasteiger partial charge in [0.25, 0.3) is 5.91 Å². The van der Waals surface area contributed by atoms with Gasteiger partial charge in [0.1, 0.15) is 5.65 Å². The lowest BCUT2D eigenvalue weighted by Gasteiger charge is -2.32. The number of amides is 2. The van der Waals surface area contributed by atoms with Gasteiger partial charge in [-0.1, -0.05) is 32.9 Å². The van der Waals surface area contributed by atoms with Crippen molar-refractivity contribution in [2.24, 2.45) is 0 Å². The SMILES string of the molecule is CC.CCc1nn(Cc2cccc(C)n2)c2cccc(NC=O)c12.Cc1cnc2cc(C(=O)N3CCN(C)CC3)ccn12. The third kappa shape index (κ3) is 7.26. The van der Waals surface area contributed by atoms with E-state index in [4.69, 9.17) is 5.10 Å². The Hall–Kier alpha value is -4.57. The number of hydrogen-bond acceptors (Lipinski definition) is 6. The average Bonchev–Trinajstić information content (AvgIpc) is 3.58. The van der Waals surface area contributed by atoms with Crippen LogP contribution in [0.3, 0.4) is 0 Å². The van der Waals surface area contributed by atoms with Crippen LogP contribution in [0.4, 0.5) is 5.69 Å². The zero-order chi connectivity index (χ0) is 30.9. The fourth-order valence-corrected chi connectivity index (χ4v) is 5.13. The van der Waals surface area contributed by atoms with Gasteiger partial charge >= 0.3 is 0 Å². The van der Waals surface area contributed by atoms with Crippen LogP contribution in [0.5, 0.6) is 0 Å². The van der Waals surface area contributed by atoms with Gasteiger partial charge in [0.2, 0.25) is 6.41 Å². The molecule has 0 aliphatic carbocycles. The number of carbonyl (C=O) groups excluding carboxylic acids is 2. The van der Waals surface area contributed by atoms with Crippen LogP contribution in [0.15, 0.2) is 60.9 Å². The van der Waals surface area contributed by atoms with E-state index < -0.39 is 0 Å². The molecule has 1 fully saturated rings. The van der Waals surface area contributed by atoms with Gasteiger partial charge in [0.05, 0.1) is 29.1 Å². The maximum Gasteiger partial charge on any atom is 0.254 e. The van der Waals surface area contributed by atoms with Crippen molar-refractivity contribution in [2.75, 3.05) is 38.5 Å². The van der Waals surface area contributed by atoms with Gasteiger partial charge in [-0.3, -0.25) is 19.3 Å². The number of nitrogens with one attached hydrogen (secondary N) is 1. The predicted molar refractivity (Wildman–Crippen MR) is 172 cm³/mol. The standard InChI is InChI=1S/C17H18N4O.C14H18N4O.C2H6/c1-3-14-17-15(18-11-22)8-5-9-16(17)21(20-14)10-13-7-4-6-12(2)19-13;1-11-10-15-13-9-12(3-4-18(11)13)14(19)17-7-5-16(2)6-8-17;1-2/h4-9,11H,3,10H2,1-2H3,(H,18,22);3-4,9-10H,5-8H2,1-2H3;1-2H3. The fourth-order valence-electron chi connectivity index (χ4n) is 5.13. The summed E-state index contributed by atoms with van der Waals surface area (Å²) < 4.78 is 3.94. The highest BCUT2D eigenvalue weighted by Gasteiger charge is 2.20. The first-order valence-corrected chi connectivity index (χ1v) is 14.9. The Morgan fingerprint density at radius 2 is 1.77 bits per heavy atom. The molecule has 2 amide bonds. The Bertz CT molecular complexity index is 1680. The van der Waals surface area contributed by atoms with E-state index in [9.17, 15) is 9.59 Å². The van der Waals surface area contributed by atoms with Gasteiger partial charge in [-0.25, -0.2) is 4.98 Å².